The third-order valence-electron chi connectivity index (χ3n) is 3.90. The minimum atomic E-state index is -0.351. The molecule has 1 atom stereocenters. The van der Waals surface area contributed by atoms with E-state index in [9.17, 15) is 4.39 Å². The molecule has 0 N–H and O–H groups in total. The lowest BCUT2D eigenvalue weighted by molar-refractivity contribution is -0.169. The van der Waals surface area contributed by atoms with E-state index in [2.05, 4.69) is 15.9 Å². The Kier molecular flexibility index (Phi) is 6.24. The summed E-state index contributed by atoms with van der Waals surface area (Å²) in [5.41, 5.74) is 1.83. The van der Waals surface area contributed by atoms with Gasteiger partial charge in [-0.2, -0.15) is 0 Å². The second-order valence-electron chi connectivity index (χ2n) is 5.76. The van der Waals surface area contributed by atoms with Gasteiger partial charge < -0.3 is 14.2 Å². The molecular weight excluding hydrogens is 375 g/mol. The van der Waals surface area contributed by atoms with Crippen molar-refractivity contribution in [2.24, 2.45) is 0 Å². The summed E-state index contributed by atoms with van der Waals surface area (Å²) in [5, 5.41) is 0. The molecule has 0 aromatic heterocycles. The Morgan fingerprint density at radius 2 is 1.96 bits per heavy atom. The van der Waals surface area contributed by atoms with Crippen LogP contribution < -0.4 is 4.74 Å². The van der Waals surface area contributed by atoms with Gasteiger partial charge in [0.25, 0.3) is 0 Å². The van der Waals surface area contributed by atoms with E-state index < -0.39 is 0 Å². The van der Waals surface area contributed by atoms with Crippen LogP contribution in [0.2, 0.25) is 0 Å². The monoisotopic (exact) mass is 394 g/mol. The highest BCUT2D eigenvalue weighted by atomic mass is 79.9. The Balaban J connectivity index is 1.68. The van der Waals surface area contributed by atoms with Crippen molar-refractivity contribution in [2.45, 2.75) is 38.8 Å². The fourth-order valence-electron chi connectivity index (χ4n) is 2.58. The van der Waals surface area contributed by atoms with Crippen LogP contribution >= 0.6 is 15.9 Å². The van der Waals surface area contributed by atoms with Crippen LogP contribution in [0.1, 0.15) is 30.4 Å². The molecule has 1 fully saturated rings. The summed E-state index contributed by atoms with van der Waals surface area (Å²) >= 11 is 3.22. The van der Waals surface area contributed by atoms with Crippen LogP contribution in [-0.2, 0) is 22.7 Å². The molecule has 1 heterocycles. The zero-order valence-corrected chi connectivity index (χ0v) is 14.9. The molecule has 5 heteroatoms. The van der Waals surface area contributed by atoms with Gasteiger partial charge in [0.05, 0.1) is 11.1 Å². The predicted molar refractivity (Wildman–Crippen MR) is 93.3 cm³/mol. The summed E-state index contributed by atoms with van der Waals surface area (Å²) < 4.78 is 31.5. The van der Waals surface area contributed by atoms with Crippen molar-refractivity contribution in [3.8, 4) is 5.75 Å². The Morgan fingerprint density at radius 3 is 2.71 bits per heavy atom. The van der Waals surface area contributed by atoms with Crippen LogP contribution in [0.15, 0.2) is 46.9 Å². The van der Waals surface area contributed by atoms with Crippen molar-refractivity contribution in [2.75, 3.05) is 6.61 Å². The van der Waals surface area contributed by atoms with E-state index in [1.54, 1.807) is 6.07 Å². The van der Waals surface area contributed by atoms with Gasteiger partial charge in [-0.1, -0.05) is 30.3 Å². The fourth-order valence-corrected chi connectivity index (χ4v) is 2.97. The van der Waals surface area contributed by atoms with Crippen molar-refractivity contribution in [3.63, 3.8) is 0 Å². The highest BCUT2D eigenvalue weighted by Crippen LogP contribution is 2.29. The SMILES string of the molecule is Fc1cc(OCc2ccccc2)c(COC2CCCCO2)cc1Br. The molecule has 2 aromatic carbocycles. The molecular formula is C19H20BrFO3. The summed E-state index contributed by atoms with van der Waals surface area (Å²) in [5.74, 6) is 0.145. The summed E-state index contributed by atoms with van der Waals surface area (Å²) in [7, 11) is 0. The molecule has 128 valence electrons. The molecule has 1 aliphatic rings. The first-order valence-electron chi connectivity index (χ1n) is 8.10. The van der Waals surface area contributed by atoms with Crippen molar-refractivity contribution < 1.29 is 18.6 Å². The van der Waals surface area contributed by atoms with Gasteiger partial charge in [-0.05, 0) is 46.8 Å². The van der Waals surface area contributed by atoms with Gasteiger partial charge in [-0.25, -0.2) is 4.39 Å². The van der Waals surface area contributed by atoms with Gasteiger partial charge in [0.2, 0.25) is 0 Å². The average Bonchev–Trinajstić information content (AvgIpc) is 2.63. The van der Waals surface area contributed by atoms with Gasteiger partial charge in [-0.3, -0.25) is 0 Å². The normalized spacial score (nSPS) is 17.7. The minimum absolute atomic E-state index is 0.190. The molecule has 3 rings (SSSR count). The number of ether oxygens (including phenoxy) is 3. The Labute approximate surface area is 149 Å². The lowest BCUT2D eigenvalue weighted by atomic mass is 10.2. The highest BCUT2D eigenvalue weighted by Gasteiger charge is 2.16. The standard InChI is InChI=1S/C19H20BrFO3/c20-16-10-15(13-24-19-8-4-5-9-22-19)18(11-17(16)21)23-12-14-6-2-1-3-7-14/h1-3,6-7,10-11,19H,4-5,8-9,12-13H2. The molecule has 3 nitrogen and oxygen atoms in total. The molecule has 0 spiro atoms. The molecule has 0 aliphatic carbocycles. The highest BCUT2D eigenvalue weighted by molar-refractivity contribution is 9.10. The first kappa shape index (κ1) is 17.4. The van der Waals surface area contributed by atoms with E-state index in [1.807, 2.05) is 30.3 Å². The van der Waals surface area contributed by atoms with E-state index in [4.69, 9.17) is 14.2 Å². The Hall–Kier alpha value is -1.43. The molecule has 1 aliphatic heterocycles. The van der Waals surface area contributed by atoms with Crippen molar-refractivity contribution in [1.29, 1.82) is 0 Å². The lowest BCUT2D eigenvalue weighted by Crippen LogP contribution is -2.22. The van der Waals surface area contributed by atoms with E-state index in [0.29, 0.717) is 23.4 Å². The summed E-state index contributed by atoms with van der Waals surface area (Å²) in [4.78, 5) is 0. The van der Waals surface area contributed by atoms with Crippen molar-refractivity contribution >= 4 is 15.9 Å². The van der Waals surface area contributed by atoms with Crippen molar-refractivity contribution in [1.82, 2.24) is 0 Å². The Bertz CT molecular complexity index is 657. The van der Waals surface area contributed by atoms with E-state index in [0.717, 1.165) is 37.0 Å². The van der Waals surface area contributed by atoms with E-state index in [-0.39, 0.29) is 12.1 Å². The summed E-state index contributed by atoms with van der Waals surface area (Å²) in [6.45, 7) is 1.44. The predicted octanol–water partition coefficient (Wildman–Crippen LogP) is 5.21. The van der Waals surface area contributed by atoms with Crippen molar-refractivity contribution in [3.05, 3.63) is 63.9 Å². The van der Waals surface area contributed by atoms with Gasteiger partial charge in [0.1, 0.15) is 18.2 Å². The second kappa shape index (κ2) is 8.60. The largest absolute Gasteiger partial charge is 0.488 e. The average molecular weight is 395 g/mol. The van der Waals surface area contributed by atoms with Crippen LogP contribution in [0.4, 0.5) is 4.39 Å². The summed E-state index contributed by atoms with van der Waals surface area (Å²) in [6, 6.07) is 12.9. The van der Waals surface area contributed by atoms with Gasteiger partial charge in [-0.15, -0.1) is 0 Å². The molecule has 2 aromatic rings. The van der Waals surface area contributed by atoms with Crippen LogP contribution in [-0.4, -0.2) is 12.9 Å². The molecule has 1 saturated heterocycles. The quantitative estimate of drug-likeness (QED) is 0.672. The molecule has 24 heavy (non-hydrogen) atoms. The maximum Gasteiger partial charge on any atom is 0.158 e. The number of halogens is 2. The van der Waals surface area contributed by atoms with Gasteiger partial charge >= 0.3 is 0 Å². The zero-order valence-electron chi connectivity index (χ0n) is 13.3. The third-order valence-corrected chi connectivity index (χ3v) is 4.51. The third kappa shape index (κ3) is 4.79. The summed E-state index contributed by atoms with van der Waals surface area (Å²) in [6.07, 6.45) is 2.88. The fraction of sp³-hybridized carbons (Fsp3) is 0.368. The molecule has 0 amide bonds. The molecule has 0 saturated carbocycles. The molecule has 0 radical (unpaired) electrons. The van der Waals surface area contributed by atoms with Crippen LogP contribution in [0.5, 0.6) is 5.75 Å². The molecule has 1 unspecified atom stereocenters. The zero-order chi connectivity index (χ0) is 16.8. The van der Waals surface area contributed by atoms with Gasteiger partial charge in [0.15, 0.2) is 6.29 Å². The minimum Gasteiger partial charge on any atom is -0.488 e. The number of hydrogen-bond donors (Lipinski definition) is 0. The number of hydrogen-bond acceptors (Lipinski definition) is 3. The maximum atomic E-state index is 13.9. The van der Waals surface area contributed by atoms with E-state index >= 15 is 0 Å². The van der Waals surface area contributed by atoms with Gasteiger partial charge in [0, 0.05) is 18.2 Å². The molecule has 0 bridgehead atoms. The first-order valence-corrected chi connectivity index (χ1v) is 8.89. The first-order chi connectivity index (χ1) is 11.7. The van der Waals surface area contributed by atoms with Crippen LogP contribution in [0.3, 0.4) is 0 Å². The van der Waals surface area contributed by atoms with Crippen LogP contribution in [0.25, 0.3) is 0 Å². The van der Waals surface area contributed by atoms with E-state index in [1.165, 1.54) is 6.07 Å². The topological polar surface area (TPSA) is 27.7 Å². The number of rotatable bonds is 6. The smallest absolute Gasteiger partial charge is 0.158 e. The second-order valence-corrected chi connectivity index (χ2v) is 6.61. The lowest BCUT2D eigenvalue weighted by Gasteiger charge is -2.23. The number of benzene rings is 2. The maximum absolute atomic E-state index is 13.9. The Morgan fingerprint density at radius 1 is 1.12 bits per heavy atom. The van der Waals surface area contributed by atoms with Crippen LogP contribution in [0, 0.1) is 5.82 Å².